The van der Waals surface area contributed by atoms with E-state index in [0.717, 1.165) is 43.9 Å². The summed E-state index contributed by atoms with van der Waals surface area (Å²) in [6.07, 6.45) is 3.41. The number of aromatic nitrogens is 1. The minimum atomic E-state index is -0.105. The van der Waals surface area contributed by atoms with Gasteiger partial charge >= 0.3 is 5.97 Å². The number of carbonyl (C=O) groups excluding carboxylic acids is 1. The molecule has 94 valence electrons. The molecular formula is C12H18N2O3. The summed E-state index contributed by atoms with van der Waals surface area (Å²) in [4.78, 5) is 17.9. The lowest BCUT2D eigenvalue weighted by molar-refractivity contribution is -0.147. The number of oxazole rings is 1. The van der Waals surface area contributed by atoms with Gasteiger partial charge in [0.25, 0.3) is 0 Å². The quantitative estimate of drug-likeness (QED) is 0.744. The van der Waals surface area contributed by atoms with Crippen molar-refractivity contribution >= 4 is 5.97 Å². The van der Waals surface area contributed by atoms with Gasteiger partial charge in [0.1, 0.15) is 5.76 Å². The monoisotopic (exact) mass is 238 g/mol. The highest BCUT2D eigenvalue weighted by molar-refractivity contribution is 5.72. The highest BCUT2D eigenvalue weighted by atomic mass is 16.5. The summed E-state index contributed by atoms with van der Waals surface area (Å²) in [5.74, 6) is 0.748. The minimum absolute atomic E-state index is 0.000886. The van der Waals surface area contributed by atoms with Gasteiger partial charge < -0.3 is 9.15 Å². The number of ether oxygens (including phenoxy) is 1. The number of likely N-dealkylation sites (tertiary alicyclic amines) is 1. The van der Waals surface area contributed by atoms with Crippen molar-refractivity contribution in [1.29, 1.82) is 0 Å². The Morgan fingerprint density at radius 3 is 3.18 bits per heavy atom. The normalized spacial score (nSPS) is 21.4. The molecule has 5 nitrogen and oxygen atoms in total. The maximum atomic E-state index is 11.5. The van der Waals surface area contributed by atoms with E-state index in [1.54, 1.807) is 0 Å². The molecule has 2 rings (SSSR count). The Labute approximate surface area is 101 Å². The molecule has 1 atom stereocenters. The SMILES string of the molecule is COC(=O)C1CCCN(Cc2ncoc2C)C1. The molecule has 1 aromatic rings. The van der Waals surface area contributed by atoms with E-state index < -0.39 is 0 Å². The lowest BCUT2D eigenvalue weighted by Gasteiger charge is -2.30. The van der Waals surface area contributed by atoms with Gasteiger partial charge in [-0.3, -0.25) is 9.69 Å². The average Bonchev–Trinajstić information content (AvgIpc) is 2.74. The second-order valence-electron chi connectivity index (χ2n) is 4.45. The van der Waals surface area contributed by atoms with Crippen LogP contribution < -0.4 is 0 Å². The van der Waals surface area contributed by atoms with E-state index >= 15 is 0 Å². The molecule has 17 heavy (non-hydrogen) atoms. The van der Waals surface area contributed by atoms with Gasteiger partial charge in [0, 0.05) is 13.1 Å². The first-order chi connectivity index (χ1) is 8.20. The number of piperidine rings is 1. The molecule has 5 heteroatoms. The van der Waals surface area contributed by atoms with E-state index in [-0.39, 0.29) is 11.9 Å². The van der Waals surface area contributed by atoms with E-state index in [4.69, 9.17) is 9.15 Å². The van der Waals surface area contributed by atoms with E-state index in [9.17, 15) is 4.79 Å². The van der Waals surface area contributed by atoms with Crippen LogP contribution in [-0.2, 0) is 16.1 Å². The van der Waals surface area contributed by atoms with Crippen molar-refractivity contribution in [2.24, 2.45) is 5.92 Å². The lowest BCUT2D eigenvalue weighted by atomic mass is 9.98. The van der Waals surface area contributed by atoms with Gasteiger partial charge in [-0.2, -0.15) is 0 Å². The summed E-state index contributed by atoms with van der Waals surface area (Å²) in [7, 11) is 1.45. The summed E-state index contributed by atoms with van der Waals surface area (Å²) >= 11 is 0. The molecule has 1 saturated heterocycles. The Morgan fingerprint density at radius 1 is 1.71 bits per heavy atom. The first-order valence-corrected chi connectivity index (χ1v) is 5.90. The Kier molecular flexibility index (Phi) is 3.78. The number of aryl methyl sites for hydroxylation is 1. The van der Waals surface area contributed by atoms with Crippen LogP contribution >= 0.6 is 0 Å². The highest BCUT2D eigenvalue weighted by Crippen LogP contribution is 2.20. The highest BCUT2D eigenvalue weighted by Gasteiger charge is 2.26. The molecule has 0 amide bonds. The van der Waals surface area contributed by atoms with Crippen molar-refractivity contribution < 1.29 is 13.9 Å². The average molecular weight is 238 g/mol. The van der Waals surface area contributed by atoms with Crippen LogP contribution in [0.3, 0.4) is 0 Å². The van der Waals surface area contributed by atoms with Crippen molar-refractivity contribution in [3.63, 3.8) is 0 Å². The van der Waals surface area contributed by atoms with Gasteiger partial charge in [0.15, 0.2) is 6.39 Å². The Morgan fingerprint density at radius 2 is 2.53 bits per heavy atom. The summed E-state index contributed by atoms with van der Waals surface area (Å²) in [6, 6.07) is 0. The molecule has 0 radical (unpaired) electrons. The van der Waals surface area contributed by atoms with E-state index in [0.29, 0.717) is 0 Å². The maximum absolute atomic E-state index is 11.5. The van der Waals surface area contributed by atoms with Crippen LogP contribution in [0.5, 0.6) is 0 Å². The number of hydrogen-bond donors (Lipinski definition) is 0. The minimum Gasteiger partial charge on any atom is -0.469 e. The maximum Gasteiger partial charge on any atom is 0.309 e. The van der Waals surface area contributed by atoms with E-state index in [1.165, 1.54) is 13.5 Å². The third kappa shape index (κ3) is 2.85. The molecule has 1 aromatic heterocycles. The predicted molar refractivity (Wildman–Crippen MR) is 61.3 cm³/mol. The number of hydrogen-bond acceptors (Lipinski definition) is 5. The van der Waals surface area contributed by atoms with Crippen molar-refractivity contribution in [3.8, 4) is 0 Å². The molecule has 0 spiro atoms. The molecule has 1 aliphatic rings. The fourth-order valence-corrected chi connectivity index (χ4v) is 2.25. The summed E-state index contributed by atoms with van der Waals surface area (Å²) in [6.45, 7) is 4.40. The van der Waals surface area contributed by atoms with Crippen LogP contribution in [0.4, 0.5) is 0 Å². The molecular weight excluding hydrogens is 220 g/mol. The first kappa shape index (κ1) is 12.1. The number of rotatable bonds is 3. The number of carbonyl (C=O) groups is 1. The van der Waals surface area contributed by atoms with Gasteiger partial charge in [-0.1, -0.05) is 0 Å². The zero-order chi connectivity index (χ0) is 12.3. The zero-order valence-corrected chi connectivity index (χ0v) is 10.3. The number of nitrogens with zero attached hydrogens (tertiary/aromatic N) is 2. The van der Waals surface area contributed by atoms with Crippen molar-refractivity contribution in [2.75, 3.05) is 20.2 Å². The lowest BCUT2D eigenvalue weighted by Crippen LogP contribution is -2.38. The molecule has 0 saturated carbocycles. The summed E-state index contributed by atoms with van der Waals surface area (Å²) in [5, 5.41) is 0. The predicted octanol–water partition coefficient (Wildman–Crippen LogP) is 1.37. The van der Waals surface area contributed by atoms with Gasteiger partial charge in [-0.25, -0.2) is 4.98 Å². The zero-order valence-electron chi connectivity index (χ0n) is 10.3. The van der Waals surface area contributed by atoms with E-state index in [1.807, 2.05) is 6.92 Å². The fraction of sp³-hybridized carbons (Fsp3) is 0.667. The standard InChI is InChI=1S/C12H18N2O3/c1-9-11(13-8-17-9)7-14-5-3-4-10(6-14)12(15)16-2/h8,10H,3-7H2,1-2H3. The van der Waals surface area contributed by atoms with Gasteiger partial charge in [0.2, 0.25) is 0 Å². The third-order valence-electron chi connectivity index (χ3n) is 3.26. The molecule has 0 aromatic carbocycles. The Bertz CT molecular complexity index is 389. The largest absolute Gasteiger partial charge is 0.469 e. The van der Waals surface area contributed by atoms with Gasteiger partial charge in [-0.05, 0) is 26.3 Å². The molecule has 1 unspecified atom stereocenters. The van der Waals surface area contributed by atoms with Gasteiger partial charge in [0.05, 0.1) is 18.7 Å². The smallest absolute Gasteiger partial charge is 0.309 e. The fourth-order valence-electron chi connectivity index (χ4n) is 2.25. The molecule has 2 heterocycles. The van der Waals surface area contributed by atoms with Crippen molar-refractivity contribution in [1.82, 2.24) is 9.88 Å². The van der Waals surface area contributed by atoms with E-state index in [2.05, 4.69) is 9.88 Å². The van der Waals surface area contributed by atoms with Crippen LogP contribution in [0.1, 0.15) is 24.3 Å². The third-order valence-corrected chi connectivity index (χ3v) is 3.26. The van der Waals surface area contributed by atoms with Crippen LogP contribution in [0, 0.1) is 12.8 Å². The Hall–Kier alpha value is -1.36. The summed E-state index contributed by atoms with van der Waals surface area (Å²) in [5.41, 5.74) is 0.954. The molecule has 0 bridgehead atoms. The van der Waals surface area contributed by atoms with Crippen molar-refractivity contribution in [3.05, 3.63) is 17.8 Å². The molecule has 0 N–H and O–H groups in total. The van der Waals surface area contributed by atoms with Crippen LogP contribution in [0.15, 0.2) is 10.8 Å². The van der Waals surface area contributed by atoms with Crippen LogP contribution in [-0.4, -0.2) is 36.1 Å². The second-order valence-corrected chi connectivity index (χ2v) is 4.45. The first-order valence-electron chi connectivity index (χ1n) is 5.90. The number of esters is 1. The van der Waals surface area contributed by atoms with Crippen LogP contribution in [0.25, 0.3) is 0 Å². The summed E-state index contributed by atoms with van der Waals surface area (Å²) < 4.78 is 9.97. The molecule has 1 aliphatic heterocycles. The topological polar surface area (TPSA) is 55.6 Å². The van der Waals surface area contributed by atoms with Crippen molar-refractivity contribution in [2.45, 2.75) is 26.3 Å². The van der Waals surface area contributed by atoms with Gasteiger partial charge in [-0.15, -0.1) is 0 Å². The number of methoxy groups -OCH3 is 1. The Balaban J connectivity index is 1.94. The molecule has 1 fully saturated rings. The molecule has 0 aliphatic carbocycles. The second kappa shape index (κ2) is 5.31. The van der Waals surface area contributed by atoms with Crippen LogP contribution in [0.2, 0.25) is 0 Å².